The van der Waals surface area contributed by atoms with Crippen molar-refractivity contribution >= 4 is 17.3 Å². The van der Waals surface area contributed by atoms with Gasteiger partial charge in [-0.25, -0.2) is 0 Å². The summed E-state index contributed by atoms with van der Waals surface area (Å²) in [7, 11) is 0. The lowest BCUT2D eigenvalue weighted by Gasteiger charge is -2.10. The quantitative estimate of drug-likeness (QED) is 0.384. The molecule has 1 fully saturated rings. The Morgan fingerprint density at radius 2 is 2.18 bits per heavy atom. The van der Waals surface area contributed by atoms with Crippen molar-refractivity contribution in [2.45, 2.75) is 19.3 Å². The molecule has 0 radical (unpaired) electrons. The van der Waals surface area contributed by atoms with E-state index < -0.39 is 4.92 Å². The van der Waals surface area contributed by atoms with E-state index in [1.54, 1.807) is 18.2 Å². The van der Waals surface area contributed by atoms with Gasteiger partial charge >= 0.3 is 0 Å². The molecule has 7 nitrogen and oxygen atoms in total. The maximum Gasteiger partial charge on any atom is 0.292 e. The fraction of sp³-hybridized carbons (Fsp3) is 0.533. The fourth-order valence-electron chi connectivity index (χ4n) is 2.57. The number of hydrogen-bond donors (Lipinski definition) is 3. The maximum atomic E-state index is 11.7. The van der Waals surface area contributed by atoms with Crippen molar-refractivity contribution in [2.75, 3.05) is 31.5 Å². The van der Waals surface area contributed by atoms with Crippen LogP contribution in [0.5, 0.6) is 0 Å². The molecule has 1 aromatic carbocycles. The van der Waals surface area contributed by atoms with Crippen LogP contribution >= 0.6 is 0 Å². The molecule has 0 spiro atoms. The Kier molecular flexibility index (Phi) is 6.14. The topological polar surface area (TPSA) is 96.3 Å². The molecule has 2 rings (SSSR count). The summed E-state index contributed by atoms with van der Waals surface area (Å²) < 4.78 is 0. The molecule has 1 saturated heterocycles. The van der Waals surface area contributed by atoms with Gasteiger partial charge in [0.1, 0.15) is 5.69 Å². The standard InChI is InChI=1S/C15H22N4O3/c20-15(6-5-12-7-8-16-11-12)18-10-9-17-13-3-1-2-4-14(13)19(21)22/h1-4,12,16-17H,5-11H2,(H,18,20). The molecule has 0 saturated carbocycles. The number of nitrogens with zero attached hydrogens (tertiary/aromatic N) is 1. The van der Waals surface area contributed by atoms with E-state index in [2.05, 4.69) is 16.0 Å². The number of rotatable bonds is 8. The zero-order valence-electron chi connectivity index (χ0n) is 12.5. The van der Waals surface area contributed by atoms with E-state index in [0.717, 1.165) is 25.9 Å². The summed E-state index contributed by atoms with van der Waals surface area (Å²) in [6.45, 7) is 2.97. The van der Waals surface area contributed by atoms with Crippen LogP contribution in [0.4, 0.5) is 11.4 Å². The van der Waals surface area contributed by atoms with Crippen molar-refractivity contribution in [1.82, 2.24) is 10.6 Å². The second kappa shape index (κ2) is 8.33. The van der Waals surface area contributed by atoms with Crippen LogP contribution in [0.2, 0.25) is 0 Å². The lowest BCUT2D eigenvalue weighted by Crippen LogP contribution is -2.29. The molecular formula is C15H22N4O3. The SMILES string of the molecule is O=C(CCC1CCNC1)NCCNc1ccccc1[N+](=O)[O-]. The third-order valence-electron chi connectivity index (χ3n) is 3.81. The molecule has 1 atom stereocenters. The van der Waals surface area contributed by atoms with Crippen LogP contribution < -0.4 is 16.0 Å². The van der Waals surface area contributed by atoms with Gasteiger partial charge in [-0.3, -0.25) is 14.9 Å². The van der Waals surface area contributed by atoms with Crippen molar-refractivity contribution in [3.05, 3.63) is 34.4 Å². The number of anilines is 1. The van der Waals surface area contributed by atoms with Crippen LogP contribution in [0.15, 0.2) is 24.3 Å². The Balaban J connectivity index is 1.64. The highest BCUT2D eigenvalue weighted by Crippen LogP contribution is 2.22. The van der Waals surface area contributed by atoms with E-state index in [1.165, 1.54) is 6.07 Å². The van der Waals surface area contributed by atoms with Crippen LogP contribution in [-0.2, 0) is 4.79 Å². The van der Waals surface area contributed by atoms with Gasteiger partial charge in [-0.1, -0.05) is 12.1 Å². The van der Waals surface area contributed by atoms with Gasteiger partial charge in [-0.2, -0.15) is 0 Å². The maximum absolute atomic E-state index is 11.7. The lowest BCUT2D eigenvalue weighted by atomic mass is 10.0. The zero-order valence-corrected chi connectivity index (χ0v) is 12.5. The van der Waals surface area contributed by atoms with Crippen molar-refractivity contribution in [3.8, 4) is 0 Å². The highest BCUT2D eigenvalue weighted by atomic mass is 16.6. The number of carbonyl (C=O) groups is 1. The van der Waals surface area contributed by atoms with Crippen LogP contribution in [0.1, 0.15) is 19.3 Å². The van der Waals surface area contributed by atoms with Gasteiger partial charge in [0, 0.05) is 25.6 Å². The van der Waals surface area contributed by atoms with E-state index in [4.69, 9.17) is 0 Å². The van der Waals surface area contributed by atoms with Crippen molar-refractivity contribution in [3.63, 3.8) is 0 Å². The summed E-state index contributed by atoms with van der Waals surface area (Å²) >= 11 is 0. The average molecular weight is 306 g/mol. The van der Waals surface area contributed by atoms with Crippen LogP contribution in [0.3, 0.4) is 0 Å². The van der Waals surface area contributed by atoms with Gasteiger partial charge in [-0.05, 0) is 37.9 Å². The first-order valence-corrected chi connectivity index (χ1v) is 7.61. The smallest absolute Gasteiger partial charge is 0.292 e. The largest absolute Gasteiger partial charge is 0.378 e. The minimum absolute atomic E-state index is 0.0382. The van der Waals surface area contributed by atoms with E-state index in [-0.39, 0.29) is 11.6 Å². The Morgan fingerprint density at radius 3 is 2.91 bits per heavy atom. The normalized spacial score (nSPS) is 17.2. The second-order valence-electron chi connectivity index (χ2n) is 5.45. The second-order valence-corrected chi connectivity index (χ2v) is 5.45. The molecule has 0 aliphatic carbocycles. The van der Waals surface area contributed by atoms with Gasteiger partial charge in [0.2, 0.25) is 5.91 Å². The number of amides is 1. The van der Waals surface area contributed by atoms with E-state index in [9.17, 15) is 14.9 Å². The van der Waals surface area contributed by atoms with Crippen molar-refractivity contribution < 1.29 is 9.72 Å². The number of hydrogen-bond acceptors (Lipinski definition) is 5. The van der Waals surface area contributed by atoms with Crippen molar-refractivity contribution in [2.24, 2.45) is 5.92 Å². The van der Waals surface area contributed by atoms with Gasteiger partial charge in [0.15, 0.2) is 0 Å². The lowest BCUT2D eigenvalue weighted by molar-refractivity contribution is -0.384. The number of carbonyl (C=O) groups excluding carboxylic acids is 1. The summed E-state index contributed by atoms with van der Waals surface area (Å²) in [5, 5.41) is 20.0. The summed E-state index contributed by atoms with van der Waals surface area (Å²) in [6.07, 6.45) is 2.60. The highest BCUT2D eigenvalue weighted by Gasteiger charge is 2.15. The number of nitrogens with one attached hydrogen (secondary N) is 3. The third-order valence-corrected chi connectivity index (χ3v) is 3.81. The molecule has 1 unspecified atom stereocenters. The molecule has 1 heterocycles. The number of para-hydroxylation sites is 2. The van der Waals surface area contributed by atoms with E-state index in [1.807, 2.05) is 0 Å². The first-order valence-electron chi connectivity index (χ1n) is 7.61. The van der Waals surface area contributed by atoms with Gasteiger partial charge < -0.3 is 16.0 Å². The monoisotopic (exact) mass is 306 g/mol. The highest BCUT2D eigenvalue weighted by molar-refractivity contribution is 5.75. The van der Waals surface area contributed by atoms with Crippen LogP contribution in [0, 0.1) is 16.0 Å². The molecule has 22 heavy (non-hydrogen) atoms. The van der Waals surface area contributed by atoms with Crippen molar-refractivity contribution in [1.29, 1.82) is 0 Å². The fourth-order valence-corrected chi connectivity index (χ4v) is 2.57. The van der Waals surface area contributed by atoms with Crippen LogP contribution in [0.25, 0.3) is 0 Å². The van der Waals surface area contributed by atoms with Gasteiger partial charge in [-0.15, -0.1) is 0 Å². The average Bonchev–Trinajstić information content (AvgIpc) is 3.03. The molecule has 1 aliphatic rings. The predicted molar refractivity (Wildman–Crippen MR) is 84.8 cm³/mol. The molecule has 1 aromatic rings. The van der Waals surface area contributed by atoms with Gasteiger partial charge in [0.05, 0.1) is 4.92 Å². The Bertz CT molecular complexity index is 515. The van der Waals surface area contributed by atoms with Gasteiger partial charge in [0.25, 0.3) is 5.69 Å². The Morgan fingerprint density at radius 1 is 1.36 bits per heavy atom. The molecule has 7 heteroatoms. The Labute approximate surface area is 129 Å². The Hall–Kier alpha value is -2.15. The van der Waals surface area contributed by atoms with E-state index in [0.29, 0.717) is 31.1 Å². The molecule has 0 bridgehead atoms. The van der Waals surface area contributed by atoms with E-state index >= 15 is 0 Å². The summed E-state index contributed by atoms with van der Waals surface area (Å²) in [4.78, 5) is 22.2. The minimum Gasteiger partial charge on any atom is -0.378 e. The van der Waals surface area contributed by atoms with Crippen LogP contribution in [-0.4, -0.2) is 37.0 Å². The number of nitro benzene ring substituents is 1. The summed E-state index contributed by atoms with van der Waals surface area (Å²) in [5.41, 5.74) is 0.515. The molecule has 0 aromatic heterocycles. The molecule has 120 valence electrons. The summed E-state index contributed by atoms with van der Waals surface area (Å²) in [5.74, 6) is 0.645. The number of nitro groups is 1. The first-order chi connectivity index (χ1) is 10.7. The molecule has 3 N–H and O–H groups in total. The third kappa shape index (κ3) is 5.00. The minimum atomic E-state index is -0.420. The number of benzene rings is 1. The molecule has 1 aliphatic heterocycles. The molecule has 1 amide bonds. The summed E-state index contributed by atoms with van der Waals surface area (Å²) in [6, 6.07) is 6.48. The first kappa shape index (κ1) is 16.2. The predicted octanol–water partition coefficient (Wildman–Crippen LogP) is 1.51. The molecular weight excluding hydrogens is 284 g/mol. The zero-order chi connectivity index (χ0) is 15.8.